The Hall–Kier alpha value is -2.01. The fourth-order valence-corrected chi connectivity index (χ4v) is 2.27. The summed E-state index contributed by atoms with van der Waals surface area (Å²) in [6.45, 7) is 0. The van der Waals surface area contributed by atoms with Crippen LogP contribution in [-0.4, -0.2) is 14.2 Å². The van der Waals surface area contributed by atoms with Crippen molar-refractivity contribution in [2.45, 2.75) is 12.5 Å². The second kappa shape index (κ2) is 6.63. The summed E-state index contributed by atoms with van der Waals surface area (Å²) in [7, 11) is 3.15. The van der Waals surface area contributed by atoms with Gasteiger partial charge in [-0.15, -0.1) is 0 Å². The first kappa shape index (κ1) is 15.4. The summed E-state index contributed by atoms with van der Waals surface area (Å²) in [6, 6.07) is 7.76. The third kappa shape index (κ3) is 3.36. The van der Waals surface area contributed by atoms with E-state index in [1.807, 2.05) is 0 Å². The first-order valence-corrected chi connectivity index (χ1v) is 6.50. The van der Waals surface area contributed by atoms with Gasteiger partial charge in [-0.25, -0.2) is 13.2 Å². The Morgan fingerprint density at radius 3 is 2.57 bits per heavy atom. The van der Waals surface area contributed by atoms with Crippen molar-refractivity contribution in [3.8, 4) is 5.75 Å². The maximum absolute atomic E-state index is 13.8. The maximum atomic E-state index is 13.8. The van der Waals surface area contributed by atoms with Gasteiger partial charge in [0.05, 0.1) is 7.11 Å². The summed E-state index contributed by atoms with van der Waals surface area (Å²) in [4.78, 5) is 0. The van der Waals surface area contributed by atoms with Crippen molar-refractivity contribution < 1.29 is 17.9 Å². The summed E-state index contributed by atoms with van der Waals surface area (Å²) in [5.74, 6) is -1.69. The van der Waals surface area contributed by atoms with Gasteiger partial charge in [-0.2, -0.15) is 0 Å². The van der Waals surface area contributed by atoms with Gasteiger partial charge in [-0.3, -0.25) is 0 Å². The number of halogens is 3. The Morgan fingerprint density at radius 2 is 1.90 bits per heavy atom. The van der Waals surface area contributed by atoms with E-state index in [2.05, 4.69) is 5.32 Å². The van der Waals surface area contributed by atoms with Crippen molar-refractivity contribution in [1.82, 2.24) is 5.32 Å². The minimum atomic E-state index is -0.895. The first-order valence-electron chi connectivity index (χ1n) is 6.50. The summed E-state index contributed by atoms with van der Waals surface area (Å²) >= 11 is 0. The number of benzene rings is 2. The first-order chi connectivity index (χ1) is 10.1. The third-order valence-electron chi connectivity index (χ3n) is 3.37. The summed E-state index contributed by atoms with van der Waals surface area (Å²) in [6.07, 6.45) is 0.180. The molecule has 0 saturated carbocycles. The largest absolute Gasteiger partial charge is 0.496 e. The molecule has 2 aromatic rings. The summed E-state index contributed by atoms with van der Waals surface area (Å²) < 4.78 is 45.7. The van der Waals surface area contributed by atoms with Gasteiger partial charge in [-0.05, 0) is 43.3 Å². The number of methoxy groups -OCH3 is 1. The van der Waals surface area contributed by atoms with Crippen LogP contribution in [0.15, 0.2) is 36.4 Å². The Labute approximate surface area is 121 Å². The average molecular weight is 295 g/mol. The van der Waals surface area contributed by atoms with Crippen LogP contribution in [0, 0.1) is 17.5 Å². The highest BCUT2D eigenvalue weighted by atomic mass is 19.2. The monoisotopic (exact) mass is 295 g/mol. The van der Waals surface area contributed by atoms with E-state index in [4.69, 9.17) is 4.74 Å². The molecule has 1 unspecified atom stereocenters. The van der Waals surface area contributed by atoms with Crippen molar-refractivity contribution in [3.63, 3.8) is 0 Å². The lowest BCUT2D eigenvalue weighted by atomic mass is 9.97. The summed E-state index contributed by atoms with van der Waals surface area (Å²) in [5.41, 5.74) is 0.782. The standard InChI is InChI=1S/C16H16F3NO/c1-20-14(8-10-4-3-5-13(18)16(10)19)12-9-11(17)6-7-15(12)21-2/h3-7,9,14,20H,8H2,1-2H3. The number of hydrogen-bond donors (Lipinski definition) is 1. The zero-order chi connectivity index (χ0) is 15.4. The lowest BCUT2D eigenvalue weighted by Gasteiger charge is -2.20. The van der Waals surface area contributed by atoms with E-state index in [1.165, 1.54) is 37.4 Å². The lowest BCUT2D eigenvalue weighted by molar-refractivity contribution is 0.398. The molecule has 0 aromatic heterocycles. The lowest BCUT2D eigenvalue weighted by Crippen LogP contribution is -2.20. The second-order valence-corrected chi connectivity index (χ2v) is 4.64. The number of ether oxygens (including phenoxy) is 1. The molecule has 2 nitrogen and oxygen atoms in total. The molecule has 0 bridgehead atoms. The number of hydrogen-bond acceptors (Lipinski definition) is 2. The molecule has 0 heterocycles. The Morgan fingerprint density at radius 1 is 1.14 bits per heavy atom. The molecule has 1 atom stereocenters. The van der Waals surface area contributed by atoms with Crippen LogP contribution in [-0.2, 0) is 6.42 Å². The predicted octanol–water partition coefficient (Wildman–Crippen LogP) is 3.62. The molecule has 0 fully saturated rings. The van der Waals surface area contributed by atoms with Gasteiger partial charge >= 0.3 is 0 Å². The van der Waals surface area contributed by atoms with Crippen molar-refractivity contribution in [2.75, 3.05) is 14.2 Å². The van der Waals surface area contributed by atoms with Crippen LogP contribution in [0.2, 0.25) is 0 Å². The summed E-state index contributed by atoms with van der Waals surface area (Å²) in [5, 5.41) is 2.98. The molecule has 112 valence electrons. The van der Waals surface area contributed by atoms with Gasteiger partial charge in [0.15, 0.2) is 11.6 Å². The van der Waals surface area contributed by atoms with Crippen molar-refractivity contribution in [1.29, 1.82) is 0 Å². The topological polar surface area (TPSA) is 21.3 Å². The highest BCUT2D eigenvalue weighted by Crippen LogP contribution is 2.29. The van der Waals surface area contributed by atoms with Crippen LogP contribution >= 0.6 is 0 Å². The van der Waals surface area contributed by atoms with Gasteiger partial charge in [0.2, 0.25) is 0 Å². The molecule has 0 saturated heterocycles. The highest BCUT2D eigenvalue weighted by molar-refractivity contribution is 5.37. The fraction of sp³-hybridized carbons (Fsp3) is 0.250. The van der Waals surface area contributed by atoms with E-state index in [0.29, 0.717) is 11.3 Å². The molecule has 0 aliphatic rings. The van der Waals surface area contributed by atoms with Crippen LogP contribution in [0.5, 0.6) is 5.75 Å². The normalized spacial score (nSPS) is 12.2. The van der Waals surface area contributed by atoms with Crippen molar-refractivity contribution in [3.05, 3.63) is 65.0 Å². The fourth-order valence-electron chi connectivity index (χ4n) is 2.27. The van der Waals surface area contributed by atoms with Crippen molar-refractivity contribution >= 4 is 0 Å². The van der Waals surface area contributed by atoms with E-state index < -0.39 is 23.5 Å². The minimum Gasteiger partial charge on any atom is -0.496 e. The van der Waals surface area contributed by atoms with Crippen molar-refractivity contribution in [2.24, 2.45) is 0 Å². The van der Waals surface area contributed by atoms with Gasteiger partial charge in [0.25, 0.3) is 0 Å². The maximum Gasteiger partial charge on any atom is 0.162 e. The quantitative estimate of drug-likeness (QED) is 0.909. The van der Waals surface area contributed by atoms with Crippen LogP contribution in [0.3, 0.4) is 0 Å². The van der Waals surface area contributed by atoms with E-state index >= 15 is 0 Å². The zero-order valence-corrected chi connectivity index (χ0v) is 11.8. The van der Waals surface area contributed by atoms with Gasteiger partial charge in [0.1, 0.15) is 11.6 Å². The Kier molecular flexibility index (Phi) is 4.85. The highest BCUT2D eigenvalue weighted by Gasteiger charge is 2.18. The molecular formula is C16H16F3NO. The van der Waals surface area contributed by atoms with E-state index in [1.54, 1.807) is 7.05 Å². The third-order valence-corrected chi connectivity index (χ3v) is 3.37. The van der Waals surface area contributed by atoms with Gasteiger partial charge in [0, 0.05) is 11.6 Å². The Balaban J connectivity index is 2.36. The SMILES string of the molecule is CNC(Cc1cccc(F)c1F)c1cc(F)ccc1OC. The van der Waals surface area contributed by atoms with Crippen LogP contribution < -0.4 is 10.1 Å². The molecule has 5 heteroatoms. The number of nitrogens with one attached hydrogen (secondary N) is 1. The van der Waals surface area contributed by atoms with Crippen LogP contribution in [0.1, 0.15) is 17.2 Å². The van der Waals surface area contributed by atoms with E-state index in [0.717, 1.165) is 6.07 Å². The van der Waals surface area contributed by atoms with Crippen LogP contribution in [0.25, 0.3) is 0 Å². The predicted molar refractivity (Wildman–Crippen MR) is 74.8 cm³/mol. The molecule has 21 heavy (non-hydrogen) atoms. The van der Waals surface area contributed by atoms with E-state index in [-0.39, 0.29) is 12.0 Å². The Bertz CT molecular complexity index is 631. The van der Waals surface area contributed by atoms with Gasteiger partial charge < -0.3 is 10.1 Å². The average Bonchev–Trinajstić information content (AvgIpc) is 2.49. The molecule has 0 amide bonds. The molecule has 2 aromatic carbocycles. The van der Waals surface area contributed by atoms with Crippen LogP contribution in [0.4, 0.5) is 13.2 Å². The van der Waals surface area contributed by atoms with E-state index in [9.17, 15) is 13.2 Å². The molecule has 0 aliphatic carbocycles. The molecule has 0 radical (unpaired) electrons. The molecule has 1 N–H and O–H groups in total. The number of likely N-dealkylation sites (N-methyl/N-ethyl adjacent to an activating group) is 1. The minimum absolute atomic E-state index is 0.180. The zero-order valence-electron chi connectivity index (χ0n) is 11.8. The molecule has 2 rings (SSSR count). The second-order valence-electron chi connectivity index (χ2n) is 4.64. The molecule has 0 aliphatic heterocycles. The molecule has 0 spiro atoms. The molecular weight excluding hydrogens is 279 g/mol. The van der Waals surface area contributed by atoms with Gasteiger partial charge in [-0.1, -0.05) is 12.1 Å². The number of rotatable bonds is 5. The smallest absolute Gasteiger partial charge is 0.162 e.